The van der Waals surface area contributed by atoms with E-state index in [9.17, 15) is 9.59 Å². The molecule has 3 aromatic rings. The summed E-state index contributed by atoms with van der Waals surface area (Å²) in [4.78, 5) is 26.3. The summed E-state index contributed by atoms with van der Waals surface area (Å²) in [5.74, 6) is -0.495. The molecule has 128 valence electrons. The Balaban J connectivity index is 1.93. The Labute approximate surface area is 166 Å². The van der Waals surface area contributed by atoms with E-state index in [2.05, 4.69) is 37.2 Å². The molecule has 0 amide bonds. The zero-order valence-corrected chi connectivity index (χ0v) is 16.5. The fourth-order valence-corrected chi connectivity index (χ4v) is 4.46. The molecule has 1 aliphatic rings. The zero-order chi connectivity index (χ0) is 18.4. The van der Waals surface area contributed by atoms with E-state index in [-0.39, 0.29) is 22.8 Å². The number of carbonyl (C=O) groups is 2. The maximum Gasteiger partial charge on any atom is 0.197 e. The summed E-state index contributed by atoms with van der Waals surface area (Å²) in [7, 11) is 0. The lowest BCUT2D eigenvalue weighted by Crippen LogP contribution is -2.24. The minimum atomic E-state index is -0.259. The van der Waals surface area contributed by atoms with E-state index in [0.29, 0.717) is 31.3 Å². The van der Waals surface area contributed by atoms with Gasteiger partial charge in [0, 0.05) is 20.2 Å². The van der Waals surface area contributed by atoms with E-state index < -0.39 is 0 Å². The quantitative estimate of drug-likeness (QED) is 0.388. The highest BCUT2D eigenvalue weighted by Crippen LogP contribution is 2.41. The van der Waals surface area contributed by atoms with Crippen molar-refractivity contribution >= 4 is 60.5 Å². The number of fused-ring (bicyclic) bond motifs is 2. The van der Waals surface area contributed by atoms with Crippen LogP contribution in [0.3, 0.4) is 0 Å². The van der Waals surface area contributed by atoms with E-state index in [0.717, 1.165) is 5.69 Å². The number of hydrogen-bond acceptors (Lipinski definition) is 4. The molecule has 4 rings (SSSR count). The molecule has 3 aromatic carbocycles. The van der Waals surface area contributed by atoms with Gasteiger partial charge in [0.1, 0.15) is 0 Å². The first-order chi connectivity index (χ1) is 12.5. The molecule has 4 nitrogen and oxygen atoms in total. The SMILES string of the molecule is Nc1c(Br)cc(Br)c2c1C(=O)c1cccc(Nc3ccccc3)c1C2=O. The first-order valence-electron chi connectivity index (χ1n) is 7.81. The van der Waals surface area contributed by atoms with Gasteiger partial charge in [-0.25, -0.2) is 0 Å². The fraction of sp³-hybridized carbons (Fsp3) is 0. The molecule has 6 heteroatoms. The number of nitrogens with two attached hydrogens (primary N) is 1. The van der Waals surface area contributed by atoms with Gasteiger partial charge in [-0.15, -0.1) is 0 Å². The number of benzene rings is 3. The topological polar surface area (TPSA) is 72.2 Å². The maximum atomic E-state index is 13.3. The largest absolute Gasteiger partial charge is 0.397 e. The molecule has 0 saturated carbocycles. The summed E-state index contributed by atoms with van der Waals surface area (Å²) < 4.78 is 1.11. The van der Waals surface area contributed by atoms with E-state index >= 15 is 0 Å². The van der Waals surface area contributed by atoms with Crippen LogP contribution >= 0.6 is 31.9 Å². The van der Waals surface area contributed by atoms with Crippen LogP contribution in [0.2, 0.25) is 0 Å². The maximum absolute atomic E-state index is 13.3. The monoisotopic (exact) mass is 470 g/mol. The van der Waals surface area contributed by atoms with Crippen molar-refractivity contribution in [3.05, 3.63) is 85.8 Å². The van der Waals surface area contributed by atoms with Gasteiger partial charge in [0.25, 0.3) is 0 Å². The van der Waals surface area contributed by atoms with E-state index in [1.807, 2.05) is 30.3 Å². The lowest BCUT2D eigenvalue weighted by Gasteiger charge is -2.23. The first-order valence-corrected chi connectivity index (χ1v) is 9.39. The lowest BCUT2D eigenvalue weighted by molar-refractivity contribution is 0.0979. The second-order valence-electron chi connectivity index (χ2n) is 5.88. The molecule has 0 aromatic heterocycles. The Morgan fingerprint density at radius 1 is 0.769 bits per heavy atom. The standard InChI is InChI=1S/C20H12Br2N2O2/c21-12-9-13(22)18(23)17-16(12)20(26)15-11(19(17)25)7-4-8-14(15)24-10-5-2-1-3-6-10/h1-9,24H,23H2. The Kier molecular flexibility index (Phi) is 4.17. The van der Waals surface area contributed by atoms with Crippen LogP contribution in [0.25, 0.3) is 0 Å². The van der Waals surface area contributed by atoms with Crippen molar-refractivity contribution < 1.29 is 9.59 Å². The minimum absolute atomic E-state index is 0.236. The fourth-order valence-electron chi connectivity index (χ4n) is 3.12. The van der Waals surface area contributed by atoms with Crippen LogP contribution in [0.4, 0.5) is 17.1 Å². The molecule has 26 heavy (non-hydrogen) atoms. The summed E-state index contributed by atoms with van der Waals surface area (Å²) >= 11 is 6.74. The third-order valence-corrected chi connectivity index (χ3v) is 5.59. The Morgan fingerprint density at radius 3 is 2.23 bits per heavy atom. The Bertz CT molecular complexity index is 1080. The number of rotatable bonds is 2. The van der Waals surface area contributed by atoms with Crippen LogP contribution in [0.1, 0.15) is 31.8 Å². The Morgan fingerprint density at radius 2 is 1.50 bits per heavy atom. The molecule has 0 saturated heterocycles. The summed E-state index contributed by atoms with van der Waals surface area (Å²) in [6.45, 7) is 0. The highest BCUT2D eigenvalue weighted by Gasteiger charge is 2.35. The molecule has 3 N–H and O–H groups in total. The summed E-state index contributed by atoms with van der Waals surface area (Å²) in [5.41, 5.74) is 9.02. The third-order valence-electron chi connectivity index (χ3n) is 4.31. The molecular formula is C20H12Br2N2O2. The molecule has 0 bridgehead atoms. The lowest BCUT2D eigenvalue weighted by atomic mass is 9.82. The van der Waals surface area contributed by atoms with Crippen molar-refractivity contribution in [3.63, 3.8) is 0 Å². The van der Waals surface area contributed by atoms with Crippen LogP contribution in [0.5, 0.6) is 0 Å². The van der Waals surface area contributed by atoms with Crippen molar-refractivity contribution in [2.24, 2.45) is 0 Å². The molecule has 0 unspecified atom stereocenters. The highest BCUT2D eigenvalue weighted by molar-refractivity contribution is 9.11. The Hall–Kier alpha value is -2.44. The van der Waals surface area contributed by atoms with Crippen molar-refractivity contribution in [2.75, 3.05) is 11.1 Å². The number of ketones is 2. The first kappa shape index (κ1) is 17.0. The number of nitrogen functional groups attached to an aromatic ring is 1. The predicted molar refractivity (Wildman–Crippen MR) is 109 cm³/mol. The van der Waals surface area contributed by atoms with Gasteiger partial charge in [0.2, 0.25) is 0 Å². The van der Waals surface area contributed by atoms with Crippen LogP contribution in [-0.4, -0.2) is 11.6 Å². The van der Waals surface area contributed by atoms with Gasteiger partial charge in [-0.1, -0.05) is 30.3 Å². The number of halogens is 2. The normalized spacial score (nSPS) is 12.5. The van der Waals surface area contributed by atoms with Gasteiger partial charge in [-0.2, -0.15) is 0 Å². The molecule has 0 spiro atoms. The van der Waals surface area contributed by atoms with Crippen LogP contribution in [-0.2, 0) is 0 Å². The average Bonchev–Trinajstić information content (AvgIpc) is 2.63. The van der Waals surface area contributed by atoms with Gasteiger partial charge in [0.15, 0.2) is 11.6 Å². The summed E-state index contributed by atoms with van der Waals surface area (Å²) in [5, 5.41) is 3.23. The number of para-hydroxylation sites is 1. The molecule has 0 fully saturated rings. The van der Waals surface area contributed by atoms with Crippen LogP contribution in [0.15, 0.2) is 63.5 Å². The number of nitrogens with one attached hydrogen (secondary N) is 1. The van der Waals surface area contributed by atoms with Gasteiger partial charge < -0.3 is 11.1 Å². The van der Waals surface area contributed by atoms with Crippen molar-refractivity contribution in [1.29, 1.82) is 0 Å². The van der Waals surface area contributed by atoms with E-state index in [1.54, 1.807) is 24.3 Å². The second-order valence-corrected chi connectivity index (χ2v) is 7.59. The molecule has 0 heterocycles. The predicted octanol–water partition coefficient (Wildman–Crippen LogP) is 5.31. The highest BCUT2D eigenvalue weighted by atomic mass is 79.9. The minimum Gasteiger partial charge on any atom is -0.397 e. The summed E-state index contributed by atoms with van der Waals surface area (Å²) in [6, 6.07) is 16.4. The number of carbonyl (C=O) groups excluding carboxylic acids is 2. The second kappa shape index (κ2) is 6.37. The molecule has 1 aliphatic carbocycles. The number of hydrogen-bond donors (Lipinski definition) is 2. The van der Waals surface area contributed by atoms with Gasteiger partial charge in [0.05, 0.1) is 28.1 Å². The summed E-state index contributed by atoms with van der Waals surface area (Å²) in [6.07, 6.45) is 0. The van der Waals surface area contributed by atoms with E-state index in [1.165, 1.54) is 0 Å². The molecule has 0 aliphatic heterocycles. The molecular weight excluding hydrogens is 460 g/mol. The smallest absolute Gasteiger partial charge is 0.197 e. The van der Waals surface area contributed by atoms with E-state index in [4.69, 9.17) is 5.73 Å². The van der Waals surface area contributed by atoms with Gasteiger partial charge in [-0.3, -0.25) is 9.59 Å². The molecule has 0 atom stereocenters. The van der Waals surface area contributed by atoms with Gasteiger partial charge in [-0.05, 0) is 56.1 Å². The zero-order valence-electron chi connectivity index (χ0n) is 13.3. The number of anilines is 3. The third kappa shape index (κ3) is 2.57. The average molecular weight is 472 g/mol. The van der Waals surface area contributed by atoms with Crippen molar-refractivity contribution in [1.82, 2.24) is 0 Å². The molecule has 0 radical (unpaired) electrons. The van der Waals surface area contributed by atoms with Crippen molar-refractivity contribution in [2.45, 2.75) is 0 Å². The van der Waals surface area contributed by atoms with Crippen LogP contribution < -0.4 is 11.1 Å². The van der Waals surface area contributed by atoms with Crippen molar-refractivity contribution in [3.8, 4) is 0 Å². The van der Waals surface area contributed by atoms with Gasteiger partial charge >= 0.3 is 0 Å². The van der Waals surface area contributed by atoms with Crippen LogP contribution in [0, 0.1) is 0 Å².